The van der Waals surface area contributed by atoms with Gasteiger partial charge in [0.05, 0.1) is 0 Å². The third-order valence-electron chi connectivity index (χ3n) is 6.65. The molecular formula is C36H29N5O4S. The van der Waals surface area contributed by atoms with E-state index in [1.165, 1.54) is 11.8 Å². The molecule has 0 aliphatic carbocycles. The molecular weight excluding hydrogens is 598 g/mol. The molecule has 1 atom stereocenters. The maximum absolute atomic E-state index is 13.5. The Hall–Kier alpha value is -6.00. The summed E-state index contributed by atoms with van der Waals surface area (Å²) in [5, 5.41) is 7.84. The molecule has 0 bridgehead atoms. The van der Waals surface area contributed by atoms with Crippen molar-refractivity contribution in [2.75, 3.05) is 10.6 Å². The van der Waals surface area contributed by atoms with Crippen molar-refractivity contribution in [1.29, 1.82) is 0 Å². The third-order valence-corrected chi connectivity index (χ3v) is 7.90. The molecule has 0 saturated heterocycles. The largest absolute Gasteiger partial charge is 0.366 e. The molecule has 5 aromatic rings. The van der Waals surface area contributed by atoms with Gasteiger partial charge in [-0.05, 0) is 77.9 Å². The number of carbonyl (C=O) groups is 4. The first-order valence-electron chi connectivity index (χ1n) is 14.2. The Kier molecular flexibility index (Phi) is 10.3. The molecule has 1 unspecified atom stereocenters. The number of hydrogen-bond donors (Lipinski definition) is 4. The van der Waals surface area contributed by atoms with Crippen LogP contribution >= 0.6 is 11.8 Å². The first kappa shape index (κ1) is 31.4. The van der Waals surface area contributed by atoms with Gasteiger partial charge in [-0.15, -0.1) is 11.8 Å². The summed E-state index contributed by atoms with van der Waals surface area (Å²) in [5.41, 5.74) is 8.50. The maximum atomic E-state index is 13.5. The molecule has 0 fully saturated rings. The van der Waals surface area contributed by atoms with Crippen molar-refractivity contribution < 1.29 is 19.2 Å². The summed E-state index contributed by atoms with van der Waals surface area (Å²) in [6.07, 6.45) is 4.75. The minimum Gasteiger partial charge on any atom is -0.366 e. The van der Waals surface area contributed by atoms with E-state index < -0.39 is 23.0 Å². The van der Waals surface area contributed by atoms with Gasteiger partial charge in [-0.3, -0.25) is 24.2 Å². The number of hydrogen-bond acceptors (Lipinski definition) is 6. The van der Waals surface area contributed by atoms with E-state index in [2.05, 4.69) is 20.9 Å². The standard InChI is InChI=1S/C36H29N5O4S/c37-33(42)26-16-18-28(19-17-26)39-36(45)32(25-10-3-1-4-11-25)46-30-15-7-14-29(22-30)40-35(44)31(21-24-9-8-20-38-23-24)41-34(43)27-12-5-2-6-13-27/h1-23,32H,(H2,37,42)(H,39,45)(H,40,44)(H,41,43)/b31-21-. The number of benzene rings is 4. The van der Waals surface area contributed by atoms with Crippen LogP contribution in [-0.2, 0) is 9.59 Å². The molecule has 5 N–H and O–H groups in total. The van der Waals surface area contributed by atoms with Gasteiger partial charge in [0.1, 0.15) is 10.9 Å². The van der Waals surface area contributed by atoms with Gasteiger partial charge >= 0.3 is 0 Å². The maximum Gasteiger partial charge on any atom is 0.272 e. The smallest absolute Gasteiger partial charge is 0.272 e. The van der Waals surface area contributed by atoms with Gasteiger partial charge in [-0.25, -0.2) is 0 Å². The second-order valence-corrected chi connectivity index (χ2v) is 11.2. The normalized spacial score (nSPS) is 11.6. The summed E-state index contributed by atoms with van der Waals surface area (Å²) in [4.78, 5) is 56.2. The van der Waals surface area contributed by atoms with E-state index >= 15 is 0 Å². The number of nitrogens with zero attached hydrogens (tertiary/aromatic N) is 1. The molecule has 0 radical (unpaired) electrons. The lowest BCUT2D eigenvalue weighted by Crippen LogP contribution is -2.30. The molecule has 0 saturated carbocycles. The Morgan fingerprint density at radius 3 is 2.11 bits per heavy atom. The zero-order chi connectivity index (χ0) is 32.3. The van der Waals surface area contributed by atoms with Crippen molar-refractivity contribution in [3.05, 3.63) is 162 Å². The number of rotatable bonds is 11. The van der Waals surface area contributed by atoms with E-state index in [9.17, 15) is 19.2 Å². The van der Waals surface area contributed by atoms with Crippen LogP contribution in [0, 0.1) is 0 Å². The average molecular weight is 628 g/mol. The summed E-state index contributed by atoms with van der Waals surface area (Å²) >= 11 is 1.31. The summed E-state index contributed by atoms with van der Waals surface area (Å²) in [6.45, 7) is 0. The van der Waals surface area contributed by atoms with Crippen molar-refractivity contribution in [1.82, 2.24) is 10.3 Å². The van der Waals surface area contributed by atoms with Crippen LogP contribution in [0.25, 0.3) is 6.08 Å². The van der Waals surface area contributed by atoms with Crippen LogP contribution in [0.3, 0.4) is 0 Å². The van der Waals surface area contributed by atoms with E-state index in [1.807, 2.05) is 36.4 Å². The highest BCUT2D eigenvalue weighted by Gasteiger charge is 2.23. The highest BCUT2D eigenvalue weighted by atomic mass is 32.2. The van der Waals surface area contributed by atoms with Gasteiger partial charge in [0, 0.05) is 39.8 Å². The molecule has 0 aliphatic rings. The first-order valence-corrected chi connectivity index (χ1v) is 15.1. The molecule has 1 aromatic heterocycles. The minimum absolute atomic E-state index is 0.0313. The number of aromatic nitrogens is 1. The fourth-order valence-electron chi connectivity index (χ4n) is 4.38. The van der Waals surface area contributed by atoms with E-state index in [0.29, 0.717) is 28.1 Å². The van der Waals surface area contributed by atoms with Crippen molar-refractivity contribution in [3.63, 3.8) is 0 Å². The van der Waals surface area contributed by atoms with E-state index in [4.69, 9.17) is 5.73 Å². The number of thioether (sulfide) groups is 1. The van der Waals surface area contributed by atoms with Crippen LogP contribution in [0.15, 0.2) is 144 Å². The lowest BCUT2D eigenvalue weighted by Gasteiger charge is -2.18. The summed E-state index contributed by atoms with van der Waals surface area (Å²) < 4.78 is 0. The number of nitrogens with one attached hydrogen (secondary N) is 3. The van der Waals surface area contributed by atoms with E-state index in [1.54, 1.807) is 103 Å². The van der Waals surface area contributed by atoms with Crippen LogP contribution in [0.5, 0.6) is 0 Å². The average Bonchev–Trinajstić information content (AvgIpc) is 3.08. The molecule has 4 amide bonds. The van der Waals surface area contributed by atoms with E-state index in [0.717, 1.165) is 10.5 Å². The van der Waals surface area contributed by atoms with Crippen molar-refractivity contribution in [2.45, 2.75) is 10.1 Å². The van der Waals surface area contributed by atoms with Gasteiger partial charge in [-0.2, -0.15) is 0 Å². The topological polar surface area (TPSA) is 143 Å². The Morgan fingerprint density at radius 2 is 1.43 bits per heavy atom. The Morgan fingerprint density at radius 1 is 0.717 bits per heavy atom. The van der Waals surface area contributed by atoms with Crippen LogP contribution in [0.2, 0.25) is 0 Å². The third kappa shape index (κ3) is 8.55. The van der Waals surface area contributed by atoms with Crippen molar-refractivity contribution in [3.8, 4) is 0 Å². The SMILES string of the molecule is NC(=O)c1ccc(NC(=O)C(Sc2cccc(NC(=O)/C(=C/c3cccnc3)NC(=O)c3ccccc3)c2)c2ccccc2)cc1. The summed E-state index contributed by atoms with van der Waals surface area (Å²) in [5.74, 6) is -1.80. The molecule has 5 rings (SSSR count). The summed E-state index contributed by atoms with van der Waals surface area (Å²) in [7, 11) is 0. The predicted octanol–water partition coefficient (Wildman–Crippen LogP) is 6.06. The molecule has 9 nitrogen and oxygen atoms in total. The Bertz CT molecular complexity index is 1870. The molecule has 1 heterocycles. The van der Waals surface area contributed by atoms with Gasteiger partial charge in [0.15, 0.2) is 0 Å². The van der Waals surface area contributed by atoms with Crippen LogP contribution < -0.4 is 21.7 Å². The molecule has 228 valence electrons. The number of pyridine rings is 1. The van der Waals surface area contributed by atoms with Crippen LogP contribution in [-0.4, -0.2) is 28.6 Å². The van der Waals surface area contributed by atoms with E-state index in [-0.39, 0.29) is 11.6 Å². The fourth-order valence-corrected chi connectivity index (χ4v) is 5.46. The molecule has 0 spiro atoms. The number of primary amides is 1. The number of amides is 4. The highest BCUT2D eigenvalue weighted by molar-refractivity contribution is 8.00. The Balaban J connectivity index is 1.35. The van der Waals surface area contributed by atoms with Gasteiger partial charge in [0.2, 0.25) is 11.8 Å². The zero-order valence-electron chi connectivity index (χ0n) is 24.4. The molecule has 46 heavy (non-hydrogen) atoms. The second-order valence-electron chi connectivity index (χ2n) is 9.99. The summed E-state index contributed by atoms with van der Waals surface area (Å²) in [6, 6.07) is 34.8. The lowest BCUT2D eigenvalue weighted by molar-refractivity contribution is -0.116. The molecule has 4 aromatic carbocycles. The quantitative estimate of drug-likeness (QED) is 0.104. The van der Waals surface area contributed by atoms with Gasteiger partial charge in [0.25, 0.3) is 11.8 Å². The van der Waals surface area contributed by atoms with Crippen LogP contribution in [0.4, 0.5) is 11.4 Å². The Labute approximate surface area is 270 Å². The van der Waals surface area contributed by atoms with Crippen molar-refractivity contribution >= 4 is 52.8 Å². The second kappa shape index (κ2) is 15.1. The monoisotopic (exact) mass is 627 g/mol. The predicted molar refractivity (Wildman–Crippen MR) is 180 cm³/mol. The number of carbonyl (C=O) groups excluding carboxylic acids is 4. The van der Waals surface area contributed by atoms with Gasteiger partial charge in [-0.1, -0.05) is 60.7 Å². The van der Waals surface area contributed by atoms with Crippen LogP contribution in [0.1, 0.15) is 37.1 Å². The van der Waals surface area contributed by atoms with Crippen molar-refractivity contribution in [2.24, 2.45) is 5.73 Å². The molecule has 0 aliphatic heterocycles. The number of nitrogens with two attached hydrogens (primary N) is 1. The first-order chi connectivity index (χ1) is 22.4. The fraction of sp³-hybridized carbons (Fsp3) is 0.0278. The minimum atomic E-state index is -0.644. The van der Waals surface area contributed by atoms with Gasteiger partial charge < -0.3 is 21.7 Å². The molecule has 10 heteroatoms. The number of anilines is 2. The zero-order valence-corrected chi connectivity index (χ0v) is 25.2. The lowest BCUT2D eigenvalue weighted by atomic mass is 10.1. The highest BCUT2D eigenvalue weighted by Crippen LogP contribution is 2.37.